The van der Waals surface area contributed by atoms with Gasteiger partial charge in [0.1, 0.15) is 0 Å². The standard InChI is InChI=1S/C26H42O7/c27-24-19-21(31-15-8-9-17-33-25-13-5-7-16-32-25)18-23(24)22(26(28)29)12-3-1-2-10-20-11-4-6-14-30-20/h18,20-22,25H,1-17,19H2,(H,28,29). The van der Waals surface area contributed by atoms with Crippen molar-refractivity contribution in [3.63, 3.8) is 0 Å². The number of carbonyl (C=O) groups excluding carboxylic acids is 1. The molecule has 2 aliphatic heterocycles. The minimum absolute atomic E-state index is 0.0637. The van der Waals surface area contributed by atoms with E-state index in [4.69, 9.17) is 18.9 Å². The van der Waals surface area contributed by atoms with Crippen LogP contribution in [0.3, 0.4) is 0 Å². The van der Waals surface area contributed by atoms with Crippen LogP contribution in [0.5, 0.6) is 0 Å². The van der Waals surface area contributed by atoms with Gasteiger partial charge in [-0.3, -0.25) is 9.59 Å². The van der Waals surface area contributed by atoms with E-state index in [0.29, 0.717) is 31.3 Å². The van der Waals surface area contributed by atoms with Gasteiger partial charge < -0.3 is 24.1 Å². The predicted molar refractivity (Wildman–Crippen MR) is 124 cm³/mol. The maximum atomic E-state index is 12.5. The molecule has 2 saturated heterocycles. The number of carboxylic acid groups (broad SMARTS) is 1. The molecule has 7 nitrogen and oxygen atoms in total. The average molecular weight is 467 g/mol. The number of aliphatic carboxylic acids is 1. The number of Topliss-reactive ketones (excluding diaryl/α,β-unsaturated/α-hetero) is 1. The lowest BCUT2D eigenvalue weighted by Gasteiger charge is -2.22. The van der Waals surface area contributed by atoms with Crippen LogP contribution in [0.4, 0.5) is 0 Å². The molecule has 7 heteroatoms. The minimum atomic E-state index is -0.909. The molecule has 4 atom stereocenters. The van der Waals surface area contributed by atoms with Gasteiger partial charge in [-0.1, -0.05) is 19.3 Å². The first-order valence-corrected chi connectivity index (χ1v) is 13.1. The summed E-state index contributed by atoms with van der Waals surface area (Å²) < 4.78 is 22.9. The molecule has 0 aromatic rings. The Bertz CT molecular complexity index is 620. The Morgan fingerprint density at radius 1 is 0.970 bits per heavy atom. The highest BCUT2D eigenvalue weighted by molar-refractivity contribution is 6.02. The summed E-state index contributed by atoms with van der Waals surface area (Å²) in [6, 6.07) is 0. The van der Waals surface area contributed by atoms with Gasteiger partial charge in [-0.05, 0) is 70.3 Å². The molecular weight excluding hydrogens is 424 g/mol. The van der Waals surface area contributed by atoms with Crippen LogP contribution in [0.1, 0.15) is 89.9 Å². The Labute approximate surface area is 198 Å². The third-order valence-electron chi connectivity index (χ3n) is 6.85. The Morgan fingerprint density at radius 2 is 1.73 bits per heavy atom. The van der Waals surface area contributed by atoms with Crippen molar-refractivity contribution >= 4 is 11.8 Å². The second-order valence-electron chi connectivity index (χ2n) is 9.55. The number of carbonyl (C=O) groups is 2. The molecule has 0 aromatic carbocycles. The molecule has 3 aliphatic rings. The third-order valence-corrected chi connectivity index (χ3v) is 6.85. The average Bonchev–Trinajstić information content (AvgIpc) is 3.19. The molecule has 0 aromatic heterocycles. The molecule has 1 aliphatic carbocycles. The van der Waals surface area contributed by atoms with Crippen LogP contribution < -0.4 is 0 Å². The summed E-state index contributed by atoms with van der Waals surface area (Å²) in [5, 5.41) is 9.70. The lowest BCUT2D eigenvalue weighted by molar-refractivity contribution is -0.163. The highest BCUT2D eigenvalue weighted by Crippen LogP contribution is 2.29. The zero-order valence-corrected chi connectivity index (χ0v) is 20.0. The Morgan fingerprint density at radius 3 is 2.42 bits per heavy atom. The first-order chi connectivity index (χ1) is 16.1. The van der Waals surface area contributed by atoms with Crippen LogP contribution in [0.15, 0.2) is 11.6 Å². The summed E-state index contributed by atoms with van der Waals surface area (Å²) >= 11 is 0. The SMILES string of the molecule is O=C1CC(OCCCCOC2CCCCO2)C=C1C(CCCCCC1CCCCO1)C(=O)O. The van der Waals surface area contributed by atoms with E-state index in [9.17, 15) is 14.7 Å². The summed E-state index contributed by atoms with van der Waals surface area (Å²) in [4.78, 5) is 24.3. The molecule has 3 rings (SSSR count). The molecule has 1 N–H and O–H groups in total. The summed E-state index contributed by atoms with van der Waals surface area (Å²) in [6.45, 7) is 2.84. The zero-order chi connectivity index (χ0) is 23.3. The van der Waals surface area contributed by atoms with Gasteiger partial charge >= 0.3 is 5.97 Å². The summed E-state index contributed by atoms with van der Waals surface area (Å²) in [5.41, 5.74) is 0.431. The molecule has 0 saturated carbocycles. The second kappa shape index (κ2) is 14.9. The number of hydrogen-bond acceptors (Lipinski definition) is 6. The van der Waals surface area contributed by atoms with E-state index in [1.54, 1.807) is 6.08 Å². The molecule has 188 valence electrons. The Hall–Kier alpha value is -1.28. The predicted octanol–water partition coefficient (Wildman–Crippen LogP) is 4.81. The van der Waals surface area contributed by atoms with Gasteiger partial charge in [0, 0.05) is 38.4 Å². The molecular formula is C26H42O7. The van der Waals surface area contributed by atoms with Crippen LogP contribution in [0.2, 0.25) is 0 Å². The maximum Gasteiger partial charge on any atom is 0.311 e. The normalized spacial score (nSPS) is 26.8. The van der Waals surface area contributed by atoms with Gasteiger partial charge in [0.25, 0.3) is 0 Å². The Balaban J connectivity index is 1.30. The first kappa shape index (κ1) is 26.3. The molecule has 0 amide bonds. The second-order valence-corrected chi connectivity index (χ2v) is 9.55. The molecule has 2 fully saturated rings. The van der Waals surface area contributed by atoms with E-state index >= 15 is 0 Å². The molecule has 4 unspecified atom stereocenters. The van der Waals surface area contributed by atoms with E-state index in [2.05, 4.69) is 0 Å². The van der Waals surface area contributed by atoms with Crippen LogP contribution in [0.25, 0.3) is 0 Å². The van der Waals surface area contributed by atoms with Crippen LogP contribution in [0, 0.1) is 5.92 Å². The van der Waals surface area contributed by atoms with Crippen molar-refractivity contribution in [1.82, 2.24) is 0 Å². The monoisotopic (exact) mass is 466 g/mol. The summed E-state index contributed by atoms with van der Waals surface area (Å²) in [5.74, 6) is -1.71. The third kappa shape index (κ3) is 9.47. The van der Waals surface area contributed by atoms with Crippen LogP contribution in [-0.2, 0) is 28.5 Å². The van der Waals surface area contributed by atoms with Crippen LogP contribution >= 0.6 is 0 Å². The molecule has 0 bridgehead atoms. The van der Waals surface area contributed by atoms with E-state index in [1.165, 1.54) is 6.42 Å². The quantitative estimate of drug-likeness (QED) is 0.346. The van der Waals surface area contributed by atoms with Gasteiger partial charge in [-0.2, -0.15) is 0 Å². The summed E-state index contributed by atoms with van der Waals surface area (Å²) in [7, 11) is 0. The number of ketones is 1. The number of unbranched alkanes of at least 4 members (excludes halogenated alkanes) is 3. The molecule has 0 radical (unpaired) electrons. The summed E-state index contributed by atoms with van der Waals surface area (Å²) in [6.07, 6.45) is 14.9. The van der Waals surface area contributed by atoms with E-state index in [0.717, 1.165) is 83.8 Å². The van der Waals surface area contributed by atoms with Crippen molar-refractivity contribution in [3.05, 3.63) is 11.6 Å². The number of ether oxygens (including phenoxy) is 4. The van der Waals surface area contributed by atoms with Crippen molar-refractivity contribution in [2.24, 2.45) is 5.92 Å². The van der Waals surface area contributed by atoms with Gasteiger partial charge in [-0.15, -0.1) is 0 Å². The topological polar surface area (TPSA) is 91.3 Å². The minimum Gasteiger partial charge on any atom is -0.481 e. The van der Waals surface area contributed by atoms with Crippen molar-refractivity contribution in [3.8, 4) is 0 Å². The highest BCUT2D eigenvalue weighted by atomic mass is 16.7. The van der Waals surface area contributed by atoms with E-state index in [-0.39, 0.29) is 24.6 Å². The maximum absolute atomic E-state index is 12.5. The fourth-order valence-corrected chi connectivity index (χ4v) is 4.91. The van der Waals surface area contributed by atoms with Crippen molar-refractivity contribution in [2.75, 3.05) is 26.4 Å². The fourth-order valence-electron chi connectivity index (χ4n) is 4.91. The Kier molecular flexibility index (Phi) is 11.9. The lowest BCUT2D eigenvalue weighted by atomic mass is 9.91. The molecule has 33 heavy (non-hydrogen) atoms. The van der Waals surface area contributed by atoms with Gasteiger partial charge in [0.15, 0.2) is 12.1 Å². The largest absolute Gasteiger partial charge is 0.481 e. The van der Waals surface area contributed by atoms with E-state index in [1.807, 2.05) is 0 Å². The highest BCUT2D eigenvalue weighted by Gasteiger charge is 2.33. The van der Waals surface area contributed by atoms with Crippen LogP contribution in [-0.4, -0.2) is 61.8 Å². The molecule has 0 spiro atoms. The van der Waals surface area contributed by atoms with Gasteiger partial charge in [0.2, 0.25) is 0 Å². The number of rotatable bonds is 15. The first-order valence-electron chi connectivity index (χ1n) is 13.1. The fraction of sp³-hybridized carbons (Fsp3) is 0.846. The number of hydrogen-bond donors (Lipinski definition) is 1. The van der Waals surface area contributed by atoms with Gasteiger partial charge in [0.05, 0.1) is 18.1 Å². The van der Waals surface area contributed by atoms with E-state index < -0.39 is 11.9 Å². The smallest absolute Gasteiger partial charge is 0.311 e. The lowest BCUT2D eigenvalue weighted by Crippen LogP contribution is -2.22. The number of carboxylic acids is 1. The van der Waals surface area contributed by atoms with Gasteiger partial charge in [-0.25, -0.2) is 0 Å². The zero-order valence-electron chi connectivity index (χ0n) is 20.0. The van der Waals surface area contributed by atoms with Crippen molar-refractivity contribution < 1.29 is 33.6 Å². The van der Waals surface area contributed by atoms with Crippen molar-refractivity contribution in [2.45, 2.75) is 108 Å². The van der Waals surface area contributed by atoms with Crippen molar-refractivity contribution in [1.29, 1.82) is 0 Å². The molecule has 2 heterocycles.